The number of likely N-dealkylation sites (tertiary alicyclic amines) is 1. The summed E-state index contributed by atoms with van der Waals surface area (Å²) in [5, 5.41) is 12.0. The van der Waals surface area contributed by atoms with Gasteiger partial charge in [-0.3, -0.25) is 9.69 Å². The fourth-order valence-corrected chi connectivity index (χ4v) is 3.31. The highest BCUT2D eigenvalue weighted by molar-refractivity contribution is 9.10. The van der Waals surface area contributed by atoms with Gasteiger partial charge in [-0.1, -0.05) is 13.0 Å². The first-order valence-corrected chi connectivity index (χ1v) is 7.15. The standard InChI is InChI=1S/C13H14BrN3O3/c1-13-5-7(17(12(19)20)8(13)6-13)11(18)16-10-4-2-3-9(14)15-10/h2-4,7-8H,5-6H2,1H3,(H,19,20)(H,15,16,18)/t7-,8+,13-/m0/s1. The van der Waals surface area contributed by atoms with Crippen molar-refractivity contribution >= 4 is 33.7 Å². The lowest BCUT2D eigenvalue weighted by Crippen LogP contribution is -2.44. The molecule has 0 aromatic carbocycles. The van der Waals surface area contributed by atoms with Crippen LogP contribution in [0, 0.1) is 5.41 Å². The van der Waals surface area contributed by atoms with Gasteiger partial charge in [-0.25, -0.2) is 9.78 Å². The van der Waals surface area contributed by atoms with Gasteiger partial charge in [0.1, 0.15) is 16.5 Å². The van der Waals surface area contributed by atoms with E-state index in [2.05, 4.69) is 26.2 Å². The molecule has 2 heterocycles. The Morgan fingerprint density at radius 1 is 1.50 bits per heavy atom. The fourth-order valence-electron chi connectivity index (χ4n) is 2.97. The minimum Gasteiger partial charge on any atom is -0.465 e. The Labute approximate surface area is 124 Å². The Morgan fingerprint density at radius 2 is 2.25 bits per heavy atom. The summed E-state index contributed by atoms with van der Waals surface area (Å²) in [4.78, 5) is 29.0. The van der Waals surface area contributed by atoms with Crippen molar-refractivity contribution in [1.82, 2.24) is 9.88 Å². The molecule has 7 heteroatoms. The largest absolute Gasteiger partial charge is 0.465 e. The maximum Gasteiger partial charge on any atom is 0.408 e. The molecule has 1 aliphatic carbocycles. The minimum atomic E-state index is -1.03. The number of hydrogen-bond acceptors (Lipinski definition) is 3. The highest BCUT2D eigenvalue weighted by Crippen LogP contribution is 2.59. The minimum absolute atomic E-state index is 0.0220. The van der Waals surface area contributed by atoms with Crippen LogP contribution < -0.4 is 5.32 Å². The number of carbonyl (C=O) groups excluding carboxylic acids is 1. The average Bonchev–Trinajstić information content (AvgIpc) is 2.90. The molecule has 0 unspecified atom stereocenters. The summed E-state index contributed by atoms with van der Waals surface area (Å²) < 4.78 is 0.617. The normalized spacial score (nSPS) is 30.8. The van der Waals surface area contributed by atoms with E-state index in [1.54, 1.807) is 18.2 Å². The quantitative estimate of drug-likeness (QED) is 0.810. The smallest absolute Gasteiger partial charge is 0.408 e. The number of halogens is 1. The van der Waals surface area contributed by atoms with E-state index in [4.69, 9.17) is 0 Å². The lowest BCUT2D eigenvalue weighted by Gasteiger charge is -2.23. The Balaban J connectivity index is 1.76. The third kappa shape index (κ3) is 2.15. The summed E-state index contributed by atoms with van der Waals surface area (Å²) in [6.07, 6.45) is 0.390. The Bertz CT molecular complexity index is 594. The van der Waals surface area contributed by atoms with E-state index in [1.807, 2.05) is 6.92 Å². The van der Waals surface area contributed by atoms with Crippen LogP contribution in [-0.2, 0) is 4.79 Å². The molecule has 1 aromatic heterocycles. The second-order valence-electron chi connectivity index (χ2n) is 5.62. The maximum atomic E-state index is 12.3. The van der Waals surface area contributed by atoms with Crippen molar-refractivity contribution in [1.29, 1.82) is 0 Å². The Hall–Kier alpha value is -1.63. The zero-order chi connectivity index (χ0) is 14.5. The van der Waals surface area contributed by atoms with E-state index >= 15 is 0 Å². The van der Waals surface area contributed by atoms with Gasteiger partial charge in [0.05, 0.1) is 0 Å². The van der Waals surface area contributed by atoms with Crippen LogP contribution in [0.1, 0.15) is 19.8 Å². The van der Waals surface area contributed by atoms with Gasteiger partial charge >= 0.3 is 6.09 Å². The molecule has 0 spiro atoms. The molecule has 1 saturated carbocycles. The molecule has 6 nitrogen and oxygen atoms in total. The predicted octanol–water partition coefficient (Wildman–Crippen LogP) is 2.31. The van der Waals surface area contributed by atoms with Gasteiger partial charge in [0.25, 0.3) is 0 Å². The molecule has 106 valence electrons. The number of hydrogen-bond donors (Lipinski definition) is 2. The van der Waals surface area contributed by atoms with Crippen molar-refractivity contribution < 1.29 is 14.7 Å². The molecule has 3 atom stereocenters. The number of rotatable bonds is 2. The van der Waals surface area contributed by atoms with Crippen molar-refractivity contribution in [3.05, 3.63) is 22.8 Å². The molecular formula is C13H14BrN3O3. The first kappa shape index (κ1) is 13.4. The number of nitrogens with zero attached hydrogens (tertiary/aromatic N) is 2. The number of amides is 2. The zero-order valence-corrected chi connectivity index (χ0v) is 12.4. The van der Waals surface area contributed by atoms with Crippen LogP contribution in [0.15, 0.2) is 22.8 Å². The molecule has 3 rings (SSSR count). The van der Waals surface area contributed by atoms with Gasteiger partial charge in [0.2, 0.25) is 5.91 Å². The number of aromatic nitrogens is 1. The van der Waals surface area contributed by atoms with Gasteiger partial charge in [-0.15, -0.1) is 0 Å². The summed E-state index contributed by atoms with van der Waals surface area (Å²) >= 11 is 3.23. The van der Waals surface area contributed by atoms with Crippen molar-refractivity contribution in [3.63, 3.8) is 0 Å². The molecule has 2 aliphatic rings. The van der Waals surface area contributed by atoms with Gasteiger partial charge in [0.15, 0.2) is 0 Å². The topological polar surface area (TPSA) is 82.5 Å². The molecule has 0 bridgehead atoms. The van der Waals surface area contributed by atoms with Gasteiger partial charge < -0.3 is 10.4 Å². The van der Waals surface area contributed by atoms with Crippen LogP contribution in [0.5, 0.6) is 0 Å². The Morgan fingerprint density at radius 3 is 2.90 bits per heavy atom. The van der Waals surface area contributed by atoms with Crippen LogP contribution in [-0.4, -0.2) is 39.1 Å². The van der Waals surface area contributed by atoms with E-state index in [0.717, 1.165) is 6.42 Å². The molecule has 2 amide bonds. The molecule has 1 aliphatic heterocycles. The lowest BCUT2D eigenvalue weighted by molar-refractivity contribution is -0.120. The number of fused-ring (bicyclic) bond motifs is 1. The zero-order valence-electron chi connectivity index (χ0n) is 10.8. The third-order valence-electron chi connectivity index (χ3n) is 4.13. The van der Waals surface area contributed by atoms with Crippen LogP contribution >= 0.6 is 15.9 Å². The molecule has 2 N–H and O–H groups in total. The van der Waals surface area contributed by atoms with Gasteiger partial charge in [-0.05, 0) is 46.3 Å². The van der Waals surface area contributed by atoms with E-state index in [-0.39, 0.29) is 17.4 Å². The lowest BCUT2D eigenvalue weighted by atomic mass is 10.0. The highest BCUT2D eigenvalue weighted by Gasteiger charge is 2.64. The molecule has 20 heavy (non-hydrogen) atoms. The first-order valence-electron chi connectivity index (χ1n) is 6.35. The van der Waals surface area contributed by atoms with Crippen molar-refractivity contribution in [3.8, 4) is 0 Å². The second-order valence-corrected chi connectivity index (χ2v) is 6.43. The number of nitrogens with one attached hydrogen (secondary N) is 1. The van der Waals surface area contributed by atoms with E-state index in [9.17, 15) is 14.7 Å². The number of pyridine rings is 1. The summed E-state index contributed by atoms with van der Waals surface area (Å²) in [5.74, 6) is 0.104. The maximum absolute atomic E-state index is 12.3. The molecule has 1 saturated heterocycles. The summed E-state index contributed by atoms with van der Waals surface area (Å²) in [6.45, 7) is 2.03. The van der Waals surface area contributed by atoms with Gasteiger partial charge in [0, 0.05) is 6.04 Å². The van der Waals surface area contributed by atoms with Crippen molar-refractivity contribution in [2.75, 3.05) is 5.32 Å². The third-order valence-corrected chi connectivity index (χ3v) is 4.57. The van der Waals surface area contributed by atoms with Gasteiger partial charge in [-0.2, -0.15) is 0 Å². The number of anilines is 1. The van der Waals surface area contributed by atoms with Crippen molar-refractivity contribution in [2.24, 2.45) is 5.41 Å². The van der Waals surface area contributed by atoms with E-state index in [0.29, 0.717) is 16.8 Å². The molecule has 0 radical (unpaired) electrons. The molecular weight excluding hydrogens is 326 g/mol. The van der Waals surface area contributed by atoms with Crippen LogP contribution in [0.25, 0.3) is 0 Å². The monoisotopic (exact) mass is 339 g/mol. The van der Waals surface area contributed by atoms with Crippen molar-refractivity contribution in [2.45, 2.75) is 31.8 Å². The first-order chi connectivity index (χ1) is 9.40. The van der Waals surface area contributed by atoms with Crippen LogP contribution in [0.3, 0.4) is 0 Å². The van der Waals surface area contributed by atoms with Crippen LogP contribution in [0.2, 0.25) is 0 Å². The summed E-state index contributed by atoms with van der Waals surface area (Å²) in [5.41, 5.74) is -0.0366. The molecule has 1 aromatic rings. The number of carbonyl (C=O) groups is 2. The number of carboxylic acid groups (broad SMARTS) is 1. The summed E-state index contributed by atoms with van der Waals surface area (Å²) in [7, 11) is 0. The fraction of sp³-hybridized carbons (Fsp3) is 0.462. The highest BCUT2D eigenvalue weighted by atomic mass is 79.9. The van der Waals surface area contributed by atoms with E-state index < -0.39 is 12.1 Å². The number of piperidine rings is 1. The SMILES string of the molecule is C[C@@]12C[C@@H](C(=O)Nc3cccc(Br)n3)N(C(=O)O)[C@@H]1C2. The average molecular weight is 340 g/mol. The van der Waals surface area contributed by atoms with Crippen LogP contribution in [0.4, 0.5) is 10.6 Å². The molecule has 2 fully saturated rings. The Kier molecular flexibility index (Phi) is 2.97. The van der Waals surface area contributed by atoms with E-state index in [1.165, 1.54) is 4.90 Å². The summed E-state index contributed by atoms with van der Waals surface area (Å²) in [6, 6.07) is 4.54. The second kappa shape index (κ2) is 4.44. The predicted molar refractivity (Wildman–Crippen MR) is 75.3 cm³/mol.